The standard InChI is InChI=1S/C12H14N6O/c1-8(2)6-19-12-9(14)3-4-11(16-12)18-7-15-10(5-13)17-18/h3-4,7-8H,6,14H2,1-2H3. The van der Waals surface area contributed by atoms with Crippen LogP contribution in [0.5, 0.6) is 5.88 Å². The predicted octanol–water partition coefficient (Wildman–Crippen LogP) is 1.15. The van der Waals surface area contributed by atoms with Gasteiger partial charge < -0.3 is 10.5 Å². The van der Waals surface area contributed by atoms with Crippen LogP contribution < -0.4 is 10.5 Å². The third kappa shape index (κ3) is 2.98. The molecule has 0 aliphatic heterocycles. The molecule has 0 saturated heterocycles. The van der Waals surface area contributed by atoms with Gasteiger partial charge in [0.05, 0.1) is 12.3 Å². The average Bonchev–Trinajstić information content (AvgIpc) is 2.86. The molecular formula is C12H14N6O. The number of aromatic nitrogens is 4. The zero-order valence-corrected chi connectivity index (χ0v) is 10.7. The fourth-order valence-corrected chi connectivity index (χ4v) is 1.35. The van der Waals surface area contributed by atoms with E-state index in [2.05, 4.69) is 15.1 Å². The molecule has 19 heavy (non-hydrogen) atoms. The molecule has 2 N–H and O–H groups in total. The van der Waals surface area contributed by atoms with Crippen LogP contribution in [0.2, 0.25) is 0 Å². The van der Waals surface area contributed by atoms with Crippen molar-refractivity contribution < 1.29 is 4.74 Å². The lowest BCUT2D eigenvalue weighted by Crippen LogP contribution is -2.09. The number of hydrogen-bond donors (Lipinski definition) is 1. The van der Waals surface area contributed by atoms with Gasteiger partial charge in [-0.1, -0.05) is 13.8 Å². The molecule has 0 unspecified atom stereocenters. The van der Waals surface area contributed by atoms with Crippen LogP contribution in [0.1, 0.15) is 19.7 Å². The molecule has 0 radical (unpaired) electrons. The van der Waals surface area contributed by atoms with E-state index in [1.54, 1.807) is 12.1 Å². The van der Waals surface area contributed by atoms with Crippen molar-refractivity contribution in [2.45, 2.75) is 13.8 Å². The minimum absolute atomic E-state index is 0.0864. The number of rotatable bonds is 4. The summed E-state index contributed by atoms with van der Waals surface area (Å²) in [6.45, 7) is 4.61. The lowest BCUT2D eigenvalue weighted by atomic mass is 10.2. The quantitative estimate of drug-likeness (QED) is 0.882. The Balaban J connectivity index is 2.27. The molecule has 0 aromatic carbocycles. The Hall–Kier alpha value is -2.62. The second-order valence-corrected chi connectivity index (χ2v) is 4.39. The summed E-state index contributed by atoms with van der Waals surface area (Å²) in [6, 6.07) is 5.23. The fourth-order valence-electron chi connectivity index (χ4n) is 1.35. The molecule has 0 aliphatic carbocycles. The predicted molar refractivity (Wildman–Crippen MR) is 68.6 cm³/mol. The molecule has 2 aromatic rings. The van der Waals surface area contributed by atoms with Gasteiger partial charge in [0.1, 0.15) is 12.4 Å². The molecule has 0 atom stereocenters. The molecule has 0 bridgehead atoms. The van der Waals surface area contributed by atoms with Gasteiger partial charge in [-0.15, -0.1) is 5.10 Å². The van der Waals surface area contributed by atoms with Crippen LogP contribution in [0.25, 0.3) is 5.82 Å². The van der Waals surface area contributed by atoms with Gasteiger partial charge >= 0.3 is 0 Å². The van der Waals surface area contributed by atoms with E-state index < -0.39 is 0 Å². The molecule has 98 valence electrons. The van der Waals surface area contributed by atoms with Gasteiger partial charge in [-0.3, -0.25) is 0 Å². The van der Waals surface area contributed by atoms with Crippen molar-refractivity contribution in [3.05, 3.63) is 24.3 Å². The molecule has 7 heteroatoms. The van der Waals surface area contributed by atoms with E-state index in [1.165, 1.54) is 11.0 Å². The second-order valence-electron chi connectivity index (χ2n) is 4.39. The van der Waals surface area contributed by atoms with Crippen molar-refractivity contribution in [1.29, 1.82) is 5.26 Å². The van der Waals surface area contributed by atoms with Crippen LogP contribution >= 0.6 is 0 Å². The molecule has 0 aliphatic rings. The van der Waals surface area contributed by atoms with Gasteiger partial charge in [0.2, 0.25) is 5.88 Å². The Bertz CT molecular complexity index is 613. The van der Waals surface area contributed by atoms with Crippen LogP contribution in [-0.4, -0.2) is 26.4 Å². The highest BCUT2D eigenvalue weighted by atomic mass is 16.5. The maximum atomic E-state index is 8.69. The van der Waals surface area contributed by atoms with Crippen LogP contribution in [0.15, 0.2) is 18.5 Å². The average molecular weight is 258 g/mol. The highest BCUT2D eigenvalue weighted by molar-refractivity contribution is 5.50. The number of nitrogen functional groups attached to an aromatic ring is 1. The maximum Gasteiger partial charge on any atom is 0.252 e. The van der Waals surface area contributed by atoms with Crippen molar-refractivity contribution in [3.8, 4) is 17.8 Å². The van der Waals surface area contributed by atoms with Crippen LogP contribution in [0, 0.1) is 17.2 Å². The van der Waals surface area contributed by atoms with Crippen LogP contribution in [0.3, 0.4) is 0 Å². The monoisotopic (exact) mass is 258 g/mol. The number of nitriles is 1. The molecule has 7 nitrogen and oxygen atoms in total. The Kier molecular flexibility index (Phi) is 3.61. The number of hydrogen-bond acceptors (Lipinski definition) is 6. The largest absolute Gasteiger partial charge is 0.476 e. The summed E-state index contributed by atoms with van der Waals surface area (Å²) in [6.07, 6.45) is 1.42. The first-order chi connectivity index (χ1) is 9.10. The van der Waals surface area contributed by atoms with E-state index >= 15 is 0 Å². The van der Waals surface area contributed by atoms with E-state index in [0.717, 1.165) is 0 Å². The Labute approximate surface area is 110 Å². The molecule has 2 heterocycles. The Morgan fingerprint density at radius 1 is 1.47 bits per heavy atom. The smallest absolute Gasteiger partial charge is 0.252 e. The normalized spacial score (nSPS) is 10.4. The Morgan fingerprint density at radius 3 is 2.89 bits per heavy atom. The van der Waals surface area contributed by atoms with Crippen LogP contribution in [0.4, 0.5) is 5.69 Å². The SMILES string of the molecule is CC(C)COc1nc(-n2cnc(C#N)n2)ccc1N. The summed E-state index contributed by atoms with van der Waals surface area (Å²) in [5.74, 6) is 1.33. The number of anilines is 1. The van der Waals surface area contributed by atoms with E-state index in [9.17, 15) is 0 Å². The second kappa shape index (κ2) is 5.35. The minimum atomic E-state index is 0.0864. The minimum Gasteiger partial charge on any atom is -0.476 e. The zero-order chi connectivity index (χ0) is 13.8. The van der Waals surface area contributed by atoms with Crippen molar-refractivity contribution in [2.75, 3.05) is 12.3 Å². The summed E-state index contributed by atoms with van der Waals surface area (Å²) in [4.78, 5) is 8.08. The van der Waals surface area contributed by atoms with E-state index in [0.29, 0.717) is 29.9 Å². The van der Waals surface area contributed by atoms with Crippen molar-refractivity contribution in [1.82, 2.24) is 19.7 Å². The molecule has 0 amide bonds. The highest BCUT2D eigenvalue weighted by Crippen LogP contribution is 2.20. The van der Waals surface area contributed by atoms with Gasteiger partial charge in [0, 0.05) is 0 Å². The third-order valence-corrected chi connectivity index (χ3v) is 2.25. The molecule has 2 aromatic heterocycles. The lowest BCUT2D eigenvalue weighted by Gasteiger charge is -2.10. The van der Waals surface area contributed by atoms with Gasteiger partial charge in [0.15, 0.2) is 5.82 Å². The highest BCUT2D eigenvalue weighted by Gasteiger charge is 2.08. The van der Waals surface area contributed by atoms with Crippen molar-refractivity contribution in [3.63, 3.8) is 0 Å². The van der Waals surface area contributed by atoms with E-state index in [4.69, 9.17) is 15.7 Å². The van der Waals surface area contributed by atoms with E-state index in [-0.39, 0.29) is 5.82 Å². The Morgan fingerprint density at radius 2 is 2.26 bits per heavy atom. The summed E-state index contributed by atoms with van der Waals surface area (Å²) < 4.78 is 6.93. The number of nitrogens with two attached hydrogens (primary N) is 1. The number of nitrogens with zero attached hydrogens (tertiary/aromatic N) is 5. The molecule has 0 spiro atoms. The third-order valence-electron chi connectivity index (χ3n) is 2.25. The van der Waals surface area contributed by atoms with Crippen molar-refractivity contribution >= 4 is 5.69 Å². The van der Waals surface area contributed by atoms with Crippen LogP contribution in [-0.2, 0) is 0 Å². The number of pyridine rings is 1. The lowest BCUT2D eigenvalue weighted by molar-refractivity contribution is 0.262. The molecular weight excluding hydrogens is 244 g/mol. The first kappa shape index (κ1) is 12.8. The molecule has 0 saturated carbocycles. The first-order valence-electron chi connectivity index (χ1n) is 5.81. The topological polar surface area (TPSA) is 103 Å². The summed E-state index contributed by atoms with van der Waals surface area (Å²) in [5.41, 5.74) is 6.26. The maximum absolute atomic E-state index is 8.69. The van der Waals surface area contributed by atoms with Gasteiger partial charge in [-0.25, -0.2) is 9.67 Å². The number of ether oxygens (including phenoxy) is 1. The summed E-state index contributed by atoms with van der Waals surface area (Å²) >= 11 is 0. The van der Waals surface area contributed by atoms with Gasteiger partial charge in [0.25, 0.3) is 5.82 Å². The van der Waals surface area contributed by atoms with Crippen molar-refractivity contribution in [2.24, 2.45) is 5.92 Å². The fraction of sp³-hybridized carbons (Fsp3) is 0.333. The first-order valence-corrected chi connectivity index (χ1v) is 5.81. The van der Waals surface area contributed by atoms with Gasteiger partial charge in [-0.2, -0.15) is 10.2 Å². The molecule has 0 fully saturated rings. The van der Waals surface area contributed by atoms with Gasteiger partial charge in [-0.05, 0) is 18.1 Å². The zero-order valence-electron chi connectivity index (χ0n) is 10.7. The molecule has 2 rings (SSSR count). The van der Waals surface area contributed by atoms with E-state index in [1.807, 2.05) is 19.9 Å². The summed E-state index contributed by atoms with van der Waals surface area (Å²) in [7, 11) is 0. The summed E-state index contributed by atoms with van der Waals surface area (Å²) in [5, 5.41) is 12.6.